The molecule has 2 heterocycles. The average Bonchev–Trinajstić information content (AvgIpc) is 2.95. The van der Waals surface area contributed by atoms with Gasteiger partial charge in [-0.2, -0.15) is 3.97 Å². The molecule has 0 unspecified atom stereocenters. The van der Waals surface area contributed by atoms with Crippen LogP contribution in [0.4, 0.5) is 0 Å². The van der Waals surface area contributed by atoms with Crippen LogP contribution < -0.4 is 11.0 Å². The zero-order chi connectivity index (χ0) is 19.4. The number of nitrogens with one attached hydrogen (secondary N) is 1. The predicted octanol–water partition coefficient (Wildman–Crippen LogP) is 0.755. The second-order valence-electron chi connectivity index (χ2n) is 5.94. The Kier molecular flexibility index (Phi) is 5.41. The molecule has 8 nitrogen and oxygen atoms in total. The van der Waals surface area contributed by atoms with Crippen molar-refractivity contribution in [1.82, 2.24) is 18.8 Å². The Balaban J connectivity index is 1.82. The molecule has 0 saturated carbocycles. The summed E-state index contributed by atoms with van der Waals surface area (Å²) in [5.74, 6) is -0.582. The normalized spacial score (nSPS) is 11.6. The first-order chi connectivity index (χ1) is 12.9. The molecule has 0 radical (unpaired) electrons. The lowest BCUT2D eigenvalue weighted by Gasteiger charge is -2.06. The summed E-state index contributed by atoms with van der Waals surface area (Å²) in [4.78, 5) is 29.1. The van der Waals surface area contributed by atoms with Gasteiger partial charge in [-0.25, -0.2) is 13.2 Å². The number of benzene rings is 1. The first-order valence-electron chi connectivity index (χ1n) is 8.54. The van der Waals surface area contributed by atoms with E-state index in [0.29, 0.717) is 18.5 Å². The van der Waals surface area contributed by atoms with Gasteiger partial charge in [0.15, 0.2) is 0 Å². The summed E-state index contributed by atoms with van der Waals surface area (Å²) in [6.07, 6.45) is 2.24. The highest BCUT2D eigenvalue weighted by Gasteiger charge is 2.22. The van der Waals surface area contributed by atoms with Crippen LogP contribution in [-0.2, 0) is 27.8 Å². The van der Waals surface area contributed by atoms with Crippen molar-refractivity contribution in [1.29, 1.82) is 0 Å². The summed E-state index contributed by atoms with van der Waals surface area (Å²) in [5.41, 5.74) is 0.781. The van der Waals surface area contributed by atoms with Crippen molar-refractivity contribution in [2.24, 2.45) is 0 Å². The highest BCUT2D eigenvalue weighted by atomic mass is 32.2. The summed E-state index contributed by atoms with van der Waals surface area (Å²) in [6.45, 7) is 1.59. The molecule has 3 aromatic rings. The maximum Gasteiger partial charge on any atom is 0.343 e. The molecular weight excluding hydrogens is 368 g/mol. The van der Waals surface area contributed by atoms with Crippen LogP contribution >= 0.6 is 0 Å². The lowest BCUT2D eigenvalue weighted by molar-refractivity contribution is -0.121. The van der Waals surface area contributed by atoms with Crippen LogP contribution in [-0.4, -0.2) is 40.1 Å². The quantitative estimate of drug-likeness (QED) is 0.643. The highest BCUT2D eigenvalue weighted by molar-refractivity contribution is 7.90. The largest absolute Gasteiger partial charge is 0.354 e. The van der Waals surface area contributed by atoms with E-state index in [2.05, 4.69) is 10.3 Å². The number of aromatic nitrogens is 3. The molecule has 1 aromatic carbocycles. The molecule has 0 aliphatic carbocycles. The molecule has 1 amide bonds. The van der Waals surface area contributed by atoms with Crippen molar-refractivity contribution in [3.63, 3.8) is 0 Å². The van der Waals surface area contributed by atoms with E-state index in [0.717, 1.165) is 9.67 Å². The Bertz CT molecular complexity index is 1120. The van der Waals surface area contributed by atoms with Crippen molar-refractivity contribution in [3.8, 4) is 0 Å². The molecule has 27 heavy (non-hydrogen) atoms. The maximum atomic E-state index is 12.7. The van der Waals surface area contributed by atoms with E-state index in [1.165, 1.54) is 11.5 Å². The summed E-state index contributed by atoms with van der Waals surface area (Å²) >= 11 is 0. The Morgan fingerprint density at radius 2 is 1.81 bits per heavy atom. The van der Waals surface area contributed by atoms with Gasteiger partial charge < -0.3 is 5.32 Å². The number of fused-ring (bicyclic) bond motifs is 1. The summed E-state index contributed by atoms with van der Waals surface area (Å²) < 4.78 is 26.6. The van der Waals surface area contributed by atoms with Gasteiger partial charge in [-0.1, -0.05) is 18.2 Å². The molecule has 3 rings (SSSR count). The van der Waals surface area contributed by atoms with Gasteiger partial charge in [0.05, 0.1) is 16.8 Å². The minimum Gasteiger partial charge on any atom is -0.354 e. The minimum atomic E-state index is -3.78. The number of nitrogens with zero attached hydrogens (tertiary/aromatic N) is 3. The number of hydrogen-bond acceptors (Lipinski definition) is 5. The summed E-state index contributed by atoms with van der Waals surface area (Å²) in [5, 5.41) is 2.74. The Hall–Kier alpha value is -2.94. The fraction of sp³-hybridized carbons (Fsp3) is 0.278. The van der Waals surface area contributed by atoms with Crippen LogP contribution in [0, 0.1) is 0 Å². The van der Waals surface area contributed by atoms with Crippen LogP contribution in [0.3, 0.4) is 0 Å². The number of para-hydroxylation sites is 2. The van der Waals surface area contributed by atoms with Gasteiger partial charge in [0, 0.05) is 24.9 Å². The molecule has 0 fully saturated rings. The van der Waals surface area contributed by atoms with E-state index in [9.17, 15) is 18.0 Å². The SMILES string of the molecule is CCS(=O)(=O)n1c(=O)n(CC(=O)NCCc2ccccn2)c2ccccc21. The first-order valence-corrected chi connectivity index (χ1v) is 10.1. The standard InChI is InChI=1S/C18H20N4O4S/c1-2-27(25,26)22-16-9-4-3-8-15(16)21(18(22)24)13-17(23)20-12-10-14-7-5-6-11-19-14/h3-9,11H,2,10,12-13H2,1H3,(H,20,23). The predicted molar refractivity (Wildman–Crippen MR) is 102 cm³/mol. The smallest absolute Gasteiger partial charge is 0.343 e. The number of imidazole rings is 1. The lowest BCUT2D eigenvalue weighted by atomic mass is 10.3. The third kappa shape index (κ3) is 3.92. The molecule has 2 aromatic heterocycles. The molecule has 1 N–H and O–H groups in total. The molecule has 0 atom stereocenters. The van der Waals surface area contributed by atoms with Crippen molar-refractivity contribution < 1.29 is 13.2 Å². The zero-order valence-electron chi connectivity index (χ0n) is 14.8. The van der Waals surface area contributed by atoms with E-state index < -0.39 is 15.7 Å². The van der Waals surface area contributed by atoms with E-state index in [1.807, 2.05) is 18.2 Å². The van der Waals surface area contributed by atoms with Gasteiger partial charge in [-0.05, 0) is 31.2 Å². The van der Waals surface area contributed by atoms with Gasteiger partial charge >= 0.3 is 5.69 Å². The van der Waals surface area contributed by atoms with Crippen LogP contribution in [0.2, 0.25) is 0 Å². The monoisotopic (exact) mass is 388 g/mol. The van der Waals surface area contributed by atoms with E-state index >= 15 is 0 Å². The van der Waals surface area contributed by atoms with Crippen LogP contribution in [0.1, 0.15) is 12.6 Å². The topological polar surface area (TPSA) is 103 Å². The maximum absolute atomic E-state index is 12.7. The van der Waals surface area contributed by atoms with Crippen LogP contribution in [0.15, 0.2) is 53.5 Å². The number of hydrogen-bond donors (Lipinski definition) is 1. The summed E-state index contributed by atoms with van der Waals surface area (Å²) in [6, 6.07) is 12.1. The molecule has 0 spiro atoms. The van der Waals surface area contributed by atoms with Gasteiger partial charge in [0.25, 0.3) is 0 Å². The van der Waals surface area contributed by atoms with Crippen molar-refractivity contribution in [2.75, 3.05) is 12.3 Å². The number of amides is 1. The molecule has 0 aliphatic heterocycles. The average molecular weight is 388 g/mol. The van der Waals surface area contributed by atoms with Gasteiger partial charge in [0.1, 0.15) is 6.54 Å². The third-order valence-electron chi connectivity index (χ3n) is 4.17. The van der Waals surface area contributed by atoms with Gasteiger partial charge in [0.2, 0.25) is 15.9 Å². The number of pyridine rings is 1. The minimum absolute atomic E-state index is 0.211. The second kappa shape index (κ2) is 7.75. The van der Waals surface area contributed by atoms with E-state index in [-0.39, 0.29) is 23.7 Å². The summed E-state index contributed by atoms with van der Waals surface area (Å²) in [7, 11) is -3.78. The Morgan fingerprint density at radius 3 is 2.48 bits per heavy atom. The van der Waals surface area contributed by atoms with Crippen LogP contribution in [0.5, 0.6) is 0 Å². The number of rotatable bonds is 7. The van der Waals surface area contributed by atoms with Gasteiger partial charge in [-0.3, -0.25) is 14.3 Å². The number of carbonyl (C=O) groups excluding carboxylic acids is 1. The molecule has 9 heteroatoms. The van der Waals surface area contributed by atoms with E-state index in [1.54, 1.807) is 30.5 Å². The fourth-order valence-electron chi connectivity index (χ4n) is 2.81. The van der Waals surface area contributed by atoms with Crippen LogP contribution in [0.25, 0.3) is 11.0 Å². The number of carbonyl (C=O) groups is 1. The molecule has 0 aliphatic rings. The Labute approximate surface area is 156 Å². The molecular formula is C18H20N4O4S. The highest BCUT2D eigenvalue weighted by Crippen LogP contribution is 2.14. The molecule has 0 bridgehead atoms. The Morgan fingerprint density at radius 1 is 1.11 bits per heavy atom. The zero-order valence-corrected chi connectivity index (χ0v) is 15.6. The lowest BCUT2D eigenvalue weighted by Crippen LogP contribution is -2.35. The fourth-order valence-corrected chi connectivity index (χ4v) is 3.85. The first kappa shape index (κ1) is 18.8. The van der Waals surface area contributed by atoms with Crippen molar-refractivity contribution in [3.05, 3.63) is 64.8 Å². The van der Waals surface area contributed by atoms with Crippen molar-refractivity contribution in [2.45, 2.75) is 19.9 Å². The molecule has 0 saturated heterocycles. The second-order valence-corrected chi connectivity index (χ2v) is 8.05. The van der Waals surface area contributed by atoms with Crippen molar-refractivity contribution >= 4 is 27.0 Å². The third-order valence-corrected chi connectivity index (χ3v) is 5.81. The van der Waals surface area contributed by atoms with E-state index in [4.69, 9.17) is 0 Å². The van der Waals surface area contributed by atoms with Gasteiger partial charge in [-0.15, -0.1) is 0 Å². The molecule has 142 valence electrons.